The van der Waals surface area contributed by atoms with E-state index in [1.807, 2.05) is 6.07 Å². The molecule has 1 fully saturated rings. The number of aromatic hydroxyl groups is 1. The van der Waals surface area contributed by atoms with Crippen molar-refractivity contribution in [1.29, 1.82) is 0 Å². The fourth-order valence-corrected chi connectivity index (χ4v) is 3.76. The molecule has 1 aliphatic carbocycles. The Kier molecular flexibility index (Phi) is 2.39. The second-order valence-corrected chi connectivity index (χ2v) is 5.74. The molecule has 104 valence electrons. The van der Waals surface area contributed by atoms with Crippen LogP contribution in [0.15, 0.2) is 33.5 Å². The highest BCUT2D eigenvalue weighted by Crippen LogP contribution is 2.49. The minimum absolute atomic E-state index is 0.0636. The molecule has 1 aromatic carbocycles. The minimum atomic E-state index is -0.0636. The Bertz CT molecular complexity index is 726. The SMILES string of the molecule is NCC1(c2c3ccoc3c(O)c3ccoc23)CCCC1. The van der Waals surface area contributed by atoms with Crippen LogP contribution >= 0.6 is 0 Å². The van der Waals surface area contributed by atoms with Crippen molar-refractivity contribution in [2.45, 2.75) is 31.1 Å². The molecule has 2 heterocycles. The van der Waals surface area contributed by atoms with Crippen molar-refractivity contribution in [3.8, 4) is 5.75 Å². The first-order chi connectivity index (χ1) is 9.77. The quantitative estimate of drug-likeness (QED) is 0.746. The number of rotatable bonds is 2. The summed E-state index contributed by atoms with van der Waals surface area (Å²) in [5.41, 5.74) is 8.46. The van der Waals surface area contributed by atoms with E-state index in [0.717, 1.165) is 29.4 Å². The number of hydrogen-bond donors (Lipinski definition) is 2. The van der Waals surface area contributed by atoms with Crippen LogP contribution in [0.5, 0.6) is 5.75 Å². The topological polar surface area (TPSA) is 72.5 Å². The van der Waals surface area contributed by atoms with Crippen molar-refractivity contribution in [3.05, 3.63) is 30.2 Å². The van der Waals surface area contributed by atoms with E-state index in [1.165, 1.54) is 12.8 Å². The molecule has 1 aliphatic rings. The zero-order valence-electron chi connectivity index (χ0n) is 11.2. The van der Waals surface area contributed by atoms with Gasteiger partial charge < -0.3 is 19.7 Å². The Hall–Kier alpha value is -1.94. The minimum Gasteiger partial charge on any atom is -0.504 e. The highest BCUT2D eigenvalue weighted by Gasteiger charge is 2.39. The first kappa shape index (κ1) is 11.9. The lowest BCUT2D eigenvalue weighted by atomic mass is 9.76. The van der Waals surface area contributed by atoms with Gasteiger partial charge in [-0.2, -0.15) is 0 Å². The molecule has 4 heteroatoms. The van der Waals surface area contributed by atoms with Gasteiger partial charge in [-0.05, 0) is 25.0 Å². The Morgan fingerprint density at radius 1 is 1.05 bits per heavy atom. The van der Waals surface area contributed by atoms with Crippen LogP contribution in [0.25, 0.3) is 21.9 Å². The molecule has 0 atom stereocenters. The van der Waals surface area contributed by atoms with Crippen molar-refractivity contribution in [1.82, 2.24) is 0 Å². The summed E-state index contributed by atoms with van der Waals surface area (Å²) in [5, 5.41) is 12.0. The number of benzene rings is 1. The number of fused-ring (bicyclic) bond motifs is 2. The van der Waals surface area contributed by atoms with Crippen molar-refractivity contribution in [2.24, 2.45) is 5.73 Å². The van der Waals surface area contributed by atoms with Gasteiger partial charge in [0.15, 0.2) is 11.3 Å². The smallest absolute Gasteiger partial charge is 0.176 e. The molecule has 0 spiro atoms. The fourth-order valence-electron chi connectivity index (χ4n) is 3.76. The van der Waals surface area contributed by atoms with Gasteiger partial charge in [0.05, 0.1) is 17.9 Å². The normalized spacial score (nSPS) is 18.2. The summed E-state index contributed by atoms with van der Waals surface area (Å²) in [4.78, 5) is 0. The molecule has 3 N–H and O–H groups in total. The lowest BCUT2D eigenvalue weighted by Gasteiger charge is -2.28. The maximum atomic E-state index is 10.3. The molecule has 0 amide bonds. The molecular formula is C16H17NO3. The molecule has 4 rings (SSSR count). The Balaban J connectivity index is 2.17. The van der Waals surface area contributed by atoms with Gasteiger partial charge in [-0.3, -0.25) is 0 Å². The summed E-state index contributed by atoms with van der Waals surface area (Å²) in [6.45, 7) is 0.591. The monoisotopic (exact) mass is 271 g/mol. The van der Waals surface area contributed by atoms with Crippen LogP contribution < -0.4 is 5.73 Å². The van der Waals surface area contributed by atoms with E-state index in [2.05, 4.69) is 0 Å². The molecule has 4 nitrogen and oxygen atoms in total. The van der Waals surface area contributed by atoms with Crippen LogP contribution in [0.1, 0.15) is 31.2 Å². The van der Waals surface area contributed by atoms with E-state index in [4.69, 9.17) is 14.6 Å². The first-order valence-electron chi connectivity index (χ1n) is 7.07. The van der Waals surface area contributed by atoms with E-state index in [0.29, 0.717) is 17.5 Å². The van der Waals surface area contributed by atoms with E-state index in [1.54, 1.807) is 18.6 Å². The number of furan rings is 2. The predicted molar refractivity (Wildman–Crippen MR) is 76.9 cm³/mol. The zero-order valence-corrected chi connectivity index (χ0v) is 11.2. The second-order valence-electron chi connectivity index (χ2n) is 5.74. The third-order valence-electron chi connectivity index (χ3n) is 4.78. The van der Waals surface area contributed by atoms with E-state index in [-0.39, 0.29) is 11.2 Å². The van der Waals surface area contributed by atoms with Crippen molar-refractivity contribution in [3.63, 3.8) is 0 Å². The molecule has 0 radical (unpaired) electrons. The molecule has 0 unspecified atom stereocenters. The largest absolute Gasteiger partial charge is 0.504 e. The zero-order chi connectivity index (χ0) is 13.7. The van der Waals surface area contributed by atoms with Gasteiger partial charge in [-0.1, -0.05) is 12.8 Å². The molecule has 0 saturated heterocycles. The van der Waals surface area contributed by atoms with Gasteiger partial charge in [-0.25, -0.2) is 0 Å². The summed E-state index contributed by atoms with van der Waals surface area (Å²) >= 11 is 0. The maximum Gasteiger partial charge on any atom is 0.176 e. The summed E-state index contributed by atoms with van der Waals surface area (Å²) < 4.78 is 11.2. The highest BCUT2D eigenvalue weighted by atomic mass is 16.4. The standard InChI is InChI=1S/C16H17NO3/c17-9-16(5-1-2-6-16)12-10-3-7-20-15(10)13(18)11-4-8-19-14(11)12/h3-4,7-8,18H,1-2,5-6,9,17H2. The van der Waals surface area contributed by atoms with Crippen LogP contribution in [0.2, 0.25) is 0 Å². The van der Waals surface area contributed by atoms with Gasteiger partial charge in [0.1, 0.15) is 5.58 Å². The number of phenolic OH excluding ortho intramolecular Hbond substituents is 1. The lowest BCUT2D eigenvalue weighted by Crippen LogP contribution is -2.32. The third-order valence-corrected chi connectivity index (χ3v) is 4.78. The Morgan fingerprint density at radius 3 is 2.40 bits per heavy atom. The van der Waals surface area contributed by atoms with Crippen molar-refractivity contribution < 1.29 is 13.9 Å². The van der Waals surface area contributed by atoms with Crippen LogP contribution in [0.4, 0.5) is 0 Å². The second kappa shape index (κ2) is 4.03. The molecular weight excluding hydrogens is 254 g/mol. The molecule has 0 aliphatic heterocycles. The Morgan fingerprint density at radius 2 is 1.70 bits per heavy atom. The van der Waals surface area contributed by atoms with E-state index < -0.39 is 0 Å². The van der Waals surface area contributed by atoms with Gasteiger partial charge >= 0.3 is 0 Å². The third kappa shape index (κ3) is 1.34. The van der Waals surface area contributed by atoms with Crippen LogP contribution in [-0.4, -0.2) is 11.7 Å². The number of nitrogens with two attached hydrogens (primary N) is 1. The fraction of sp³-hybridized carbons (Fsp3) is 0.375. The van der Waals surface area contributed by atoms with Gasteiger partial charge in [0.25, 0.3) is 0 Å². The summed E-state index contributed by atoms with van der Waals surface area (Å²) in [5.74, 6) is 0.155. The molecule has 20 heavy (non-hydrogen) atoms. The van der Waals surface area contributed by atoms with Gasteiger partial charge in [0, 0.05) is 22.9 Å². The highest BCUT2D eigenvalue weighted by molar-refractivity contribution is 6.04. The van der Waals surface area contributed by atoms with Crippen molar-refractivity contribution >= 4 is 21.9 Å². The average molecular weight is 271 g/mol. The molecule has 0 bridgehead atoms. The summed E-state index contributed by atoms with van der Waals surface area (Å²) in [6, 6.07) is 3.69. The summed E-state index contributed by atoms with van der Waals surface area (Å²) in [7, 11) is 0. The first-order valence-corrected chi connectivity index (χ1v) is 7.07. The van der Waals surface area contributed by atoms with Crippen molar-refractivity contribution in [2.75, 3.05) is 6.54 Å². The van der Waals surface area contributed by atoms with E-state index >= 15 is 0 Å². The molecule has 2 aromatic heterocycles. The predicted octanol–water partition coefficient (Wildman–Crippen LogP) is 3.66. The van der Waals surface area contributed by atoms with Gasteiger partial charge in [-0.15, -0.1) is 0 Å². The molecule has 3 aromatic rings. The van der Waals surface area contributed by atoms with Crippen LogP contribution in [0.3, 0.4) is 0 Å². The number of phenols is 1. The van der Waals surface area contributed by atoms with Crippen LogP contribution in [-0.2, 0) is 5.41 Å². The lowest BCUT2D eigenvalue weighted by molar-refractivity contribution is 0.448. The maximum absolute atomic E-state index is 10.3. The average Bonchev–Trinajstić information content (AvgIpc) is 3.20. The van der Waals surface area contributed by atoms with E-state index in [9.17, 15) is 5.11 Å². The molecule has 1 saturated carbocycles. The summed E-state index contributed by atoms with van der Waals surface area (Å²) in [6.07, 6.45) is 7.71. The Labute approximate surface area is 116 Å². The van der Waals surface area contributed by atoms with Crippen LogP contribution in [0, 0.1) is 0 Å². The van der Waals surface area contributed by atoms with Gasteiger partial charge in [0.2, 0.25) is 0 Å². The number of hydrogen-bond acceptors (Lipinski definition) is 4.